The first-order valence-corrected chi connectivity index (χ1v) is 35.3. The lowest BCUT2D eigenvalue weighted by molar-refractivity contribution is -0.167. The second kappa shape index (κ2) is 67.4. The van der Waals surface area contributed by atoms with Crippen molar-refractivity contribution < 1.29 is 28.6 Å². The predicted octanol–water partition coefficient (Wildman–Crippen LogP) is 24.2. The highest BCUT2D eigenvalue weighted by Crippen LogP contribution is 2.19. The molecule has 0 aromatic rings. The Hall–Kier alpha value is -2.11. The first-order valence-electron chi connectivity index (χ1n) is 35.3. The fourth-order valence-corrected chi connectivity index (χ4v) is 10.9. The molecule has 0 N–H and O–H groups in total. The zero-order chi connectivity index (χ0) is 56.4. The number of carbonyl (C=O) groups is 3. The third-order valence-electron chi connectivity index (χ3n) is 16.2. The first kappa shape index (κ1) is 75.9. The summed E-state index contributed by atoms with van der Waals surface area (Å²) in [6.07, 6.45) is 82.0. The highest BCUT2D eigenvalue weighted by Gasteiger charge is 2.19. The van der Waals surface area contributed by atoms with E-state index in [0.29, 0.717) is 19.3 Å². The largest absolute Gasteiger partial charge is 0.462 e. The van der Waals surface area contributed by atoms with Crippen molar-refractivity contribution in [1.82, 2.24) is 0 Å². The molecule has 0 saturated carbocycles. The number of unbranched alkanes of at least 4 members (excludes halogenated alkanes) is 51. The van der Waals surface area contributed by atoms with Gasteiger partial charge in [-0.3, -0.25) is 14.4 Å². The molecule has 0 bridgehead atoms. The van der Waals surface area contributed by atoms with Crippen LogP contribution >= 0.6 is 0 Å². The quantitative estimate of drug-likeness (QED) is 0.0261. The van der Waals surface area contributed by atoms with Crippen molar-refractivity contribution in [3.05, 3.63) is 24.3 Å². The van der Waals surface area contributed by atoms with Gasteiger partial charge in [0.1, 0.15) is 13.2 Å². The van der Waals surface area contributed by atoms with Gasteiger partial charge in [-0.15, -0.1) is 0 Å². The molecule has 0 rings (SSSR count). The number of hydrogen-bond acceptors (Lipinski definition) is 6. The fourth-order valence-electron chi connectivity index (χ4n) is 10.9. The third-order valence-corrected chi connectivity index (χ3v) is 16.2. The van der Waals surface area contributed by atoms with E-state index in [-0.39, 0.29) is 31.1 Å². The minimum absolute atomic E-state index is 0.0662. The van der Waals surface area contributed by atoms with Gasteiger partial charge in [-0.25, -0.2) is 0 Å². The predicted molar refractivity (Wildman–Crippen MR) is 340 cm³/mol. The topological polar surface area (TPSA) is 78.9 Å². The summed E-state index contributed by atoms with van der Waals surface area (Å²) >= 11 is 0. The standard InChI is InChI=1S/C72H136O6/c1-4-7-10-13-16-19-22-25-28-31-34-35-36-37-39-41-44-47-50-53-56-59-62-65-71(74)77-68-69(67-76-70(73)64-61-58-55-52-49-46-43-40-33-30-27-24-21-18-15-12-9-6-3)78-72(75)66-63-60-57-54-51-48-45-42-38-32-29-26-23-20-17-14-11-8-5-2/h17,20,26,29,69H,4-16,18-19,21-25,27-28,30-68H2,1-3H3/b20-17-,29-26-. The zero-order valence-corrected chi connectivity index (χ0v) is 53.0. The van der Waals surface area contributed by atoms with E-state index in [9.17, 15) is 14.4 Å². The monoisotopic (exact) mass is 1100 g/mol. The van der Waals surface area contributed by atoms with Crippen LogP contribution in [0.25, 0.3) is 0 Å². The lowest BCUT2D eigenvalue weighted by Crippen LogP contribution is -2.30. The van der Waals surface area contributed by atoms with E-state index >= 15 is 0 Å². The van der Waals surface area contributed by atoms with Crippen molar-refractivity contribution >= 4 is 17.9 Å². The smallest absolute Gasteiger partial charge is 0.306 e. The van der Waals surface area contributed by atoms with E-state index in [4.69, 9.17) is 14.2 Å². The SMILES string of the molecule is CCCCC/C=C\C/C=C\CCCCCCCCCCCC(=O)OC(COC(=O)CCCCCCCCCCCCCCCCCCCC)COC(=O)CCCCCCCCCCCCCCCCCCCCCCCCC. The van der Waals surface area contributed by atoms with E-state index < -0.39 is 6.10 Å². The number of carbonyl (C=O) groups excluding carboxylic acids is 3. The summed E-state index contributed by atoms with van der Waals surface area (Å²) in [6, 6.07) is 0. The number of rotatable bonds is 66. The van der Waals surface area contributed by atoms with Crippen molar-refractivity contribution in [2.24, 2.45) is 0 Å². The van der Waals surface area contributed by atoms with E-state index in [2.05, 4.69) is 45.1 Å². The van der Waals surface area contributed by atoms with Gasteiger partial charge in [-0.2, -0.15) is 0 Å². The molecule has 0 radical (unpaired) electrons. The average Bonchev–Trinajstić information content (AvgIpc) is 3.44. The van der Waals surface area contributed by atoms with Crippen molar-refractivity contribution in [1.29, 1.82) is 0 Å². The molecule has 0 aliphatic carbocycles. The minimum Gasteiger partial charge on any atom is -0.462 e. The van der Waals surface area contributed by atoms with Crippen LogP contribution in [-0.4, -0.2) is 37.2 Å². The maximum Gasteiger partial charge on any atom is 0.306 e. The Labute approximate surface area is 487 Å². The van der Waals surface area contributed by atoms with Crippen LogP contribution in [0.2, 0.25) is 0 Å². The number of ether oxygens (including phenoxy) is 3. The van der Waals surface area contributed by atoms with Gasteiger partial charge in [-0.1, -0.05) is 353 Å². The molecule has 0 spiro atoms. The number of allylic oxidation sites excluding steroid dienone is 4. The Balaban J connectivity index is 4.28. The molecular formula is C72H136O6. The zero-order valence-electron chi connectivity index (χ0n) is 53.0. The summed E-state index contributed by atoms with van der Waals surface area (Å²) in [6.45, 7) is 6.70. The highest BCUT2D eigenvalue weighted by atomic mass is 16.6. The first-order chi connectivity index (χ1) is 38.5. The summed E-state index contributed by atoms with van der Waals surface area (Å²) in [5.41, 5.74) is 0. The van der Waals surface area contributed by atoms with Crippen LogP contribution in [0.15, 0.2) is 24.3 Å². The molecule has 0 aromatic heterocycles. The van der Waals surface area contributed by atoms with Crippen LogP contribution in [0.3, 0.4) is 0 Å². The van der Waals surface area contributed by atoms with Crippen LogP contribution in [0.4, 0.5) is 0 Å². The van der Waals surface area contributed by atoms with Crippen LogP contribution in [0.1, 0.15) is 400 Å². The van der Waals surface area contributed by atoms with Crippen molar-refractivity contribution in [2.45, 2.75) is 406 Å². The molecule has 0 aromatic carbocycles. The van der Waals surface area contributed by atoms with Crippen LogP contribution < -0.4 is 0 Å². The van der Waals surface area contributed by atoms with Gasteiger partial charge in [0.2, 0.25) is 0 Å². The number of esters is 3. The van der Waals surface area contributed by atoms with E-state index in [1.165, 1.54) is 295 Å². The van der Waals surface area contributed by atoms with Crippen molar-refractivity contribution in [3.63, 3.8) is 0 Å². The fraction of sp³-hybridized carbons (Fsp3) is 0.903. The second-order valence-corrected chi connectivity index (χ2v) is 24.2. The summed E-state index contributed by atoms with van der Waals surface area (Å²) in [4.78, 5) is 38.5. The summed E-state index contributed by atoms with van der Waals surface area (Å²) in [5, 5.41) is 0. The Morgan fingerprint density at radius 3 is 0.731 bits per heavy atom. The number of hydrogen-bond donors (Lipinski definition) is 0. The summed E-state index contributed by atoms with van der Waals surface area (Å²) < 4.78 is 17.0. The Bertz CT molecular complexity index is 1260. The minimum atomic E-state index is -0.771. The maximum atomic E-state index is 13.0. The molecule has 1 unspecified atom stereocenters. The van der Waals surface area contributed by atoms with Crippen molar-refractivity contribution in [2.75, 3.05) is 13.2 Å². The van der Waals surface area contributed by atoms with Crippen LogP contribution in [0.5, 0.6) is 0 Å². The van der Waals surface area contributed by atoms with Crippen LogP contribution in [-0.2, 0) is 28.6 Å². The lowest BCUT2D eigenvalue weighted by Gasteiger charge is -2.18. The molecule has 0 aliphatic heterocycles. The normalized spacial score (nSPS) is 12.1. The van der Waals surface area contributed by atoms with Crippen LogP contribution in [0, 0.1) is 0 Å². The van der Waals surface area contributed by atoms with Gasteiger partial charge in [0.25, 0.3) is 0 Å². The Morgan fingerprint density at radius 1 is 0.256 bits per heavy atom. The molecule has 1 atom stereocenters. The van der Waals surface area contributed by atoms with E-state index in [1.807, 2.05) is 0 Å². The molecule has 0 saturated heterocycles. The molecule has 0 aliphatic rings. The molecule has 6 heteroatoms. The molecule has 0 heterocycles. The van der Waals surface area contributed by atoms with Gasteiger partial charge in [0.05, 0.1) is 0 Å². The lowest BCUT2D eigenvalue weighted by atomic mass is 10.0. The molecular weight excluding hydrogens is 961 g/mol. The molecule has 78 heavy (non-hydrogen) atoms. The van der Waals surface area contributed by atoms with Gasteiger partial charge < -0.3 is 14.2 Å². The van der Waals surface area contributed by atoms with E-state index in [1.54, 1.807) is 0 Å². The molecule has 0 fully saturated rings. The van der Waals surface area contributed by atoms with Gasteiger partial charge in [0.15, 0.2) is 6.10 Å². The molecule has 460 valence electrons. The molecule has 0 amide bonds. The van der Waals surface area contributed by atoms with Gasteiger partial charge in [0, 0.05) is 19.3 Å². The van der Waals surface area contributed by atoms with E-state index in [0.717, 1.165) is 64.2 Å². The molecule has 6 nitrogen and oxygen atoms in total. The maximum absolute atomic E-state index is 13.0. The Kier molecular flexibility index (Phi) is 65.6. The van der Waals surface area contributed by atoms with Gasteiger partial charge in [-0.05, 0) is 51.4 Å². The Morgan fingerprint density at radius 2 is 0.462 bits per heavy atom. The summed E-state index contributed by atoms with van der Waals surface area (Å²) in [5.74, 6) is -0.836. The average molecular weight is 1100 g/mol. The third kappa shape index (κ3) is 64.7. The second-order valence-electron chi connectivity index (χ2n) is 24.2. The summed E-state index contributed by atoms with van der Waals surface area (Å²) in [7, 11) is 0. The van der Waals surface area contributed by atoms with Gasteiger partial charge >= 0.3 is 17.9 Å². The highest BCUT2D eigenvalue weighted by molar-refractivity contribution is 5.71. The van der Waals surface area contributed by atoms with Crippen molar-refractivity contribution in [3.8, 4) is 0 Å².